The maximum Gasteiger partial charge on any atom is 0.311 e. The van der Waals surface area contributed by atoms with Gasteiger partial charge in [-0.15, -0.1) is 11.6 Å². The predicted octanol–water partition coefficient (Wildman–Crippen LogP) is 3.40. The molecule has 0 spiro atoms. The van der Waals surface area contributed by atoms with E-state index >= 15 is 0 Å². The van der Waals surface area contributed by atoms with E-state index in [1.807, 2.05) is 26.8 Å². The lowest BCUT2D eigenvalue weighted by atomic mass is 9.79. The summed E-state index contributed by atoms with van der Waals surface area (Å²) in [5, 5.41) is 33.6. The fourth-order valence-corrected chi connectivity index (χ4v) is 6.78. The van der Waals surface area contributed by atoms with Gasteiger partial charge in [0.2, 0.25) is 0 Å². The lowest BCUT2D eigenvalue weighted by Gasteiger charge is -2.51. The zero-order valence-corrected chi connectivity index (χ0v) is 28.0. The second-order valence-electron chi connectivity index (χ2n) is 13.2. The lowest BCUT2D eigenvalue weighted by molar-refractivity contribution is -0.362. The van der Waals surface area contributed by atoms with Crippen molar-refractivity contribution in [1.29, 1.82) is 0 Å². The highest BCUT2D eigenvalue weighted by Crippen LogP contribution is 2.42. The number of fused-ring (bicyclic) bond motifs is 2. The van der Waals surface area contributed by atoms with Gasteiger partial charge in [-0.05, 0) is 39.3 Å². The van der Waals surface area contributed by atoms with Crippen LogP contribution in [-0.4, -0.2) is 101 Å². The predicted molar refractivity (Wildman–Crippen MR) is 167 cm³/mol. The van der Waals surface area contributed by atoms with Crippen molar-refractivity contribution in [2.75, 3.05) is 14.2 Å². The van der Waals surface area contributed by atoms with E-state index in [0.29, 0.717) is 6.42 Å². The largest absolute Gasteiger partial charge is 0.458 e. The average molecular weight is 653 g/mol. The van der Waals surface area contributed by atoms with Gasteiger partial charge in [-0.25, -0.2) is 0 Å². The number of esters is 1. The van der Waals surface area contributed by atoms with Crippen LogP contribution in [0.2, 0.25) is 0 Å². The summed E-state index contributed by atoms with van der Waals surface area (Å²) in [5.41, 5.74) is -0.699. The maximum atomic E-state index is 13.3. The molecule has 3 heterocycles. The van der Waals surface area contributed by atoms with E-state index in [2.05, 4.69) is 11.8 Å². The summed E-state index contributed by atoms with van der Waals surface area (Å²) in [7, 11) is 3.02. The molecule has 3 N–H and O–H groups in total. The Kier molecular flexibility index (Phi) is 12.0. The molecule has 0 unspecified atom stereocenters. The van der Waals surface area contributed by atoms with Crippen LogP contribution in [0.3, 0.4) is 0 Å². The second kappa shape index (κ2) is 15.0. The Hall–Kier alpha value is -1.78. The number of carbonyl (C=O) groups is 1. The molecule has 14 atom stereocenters. The maximum absolute atomic E-state index is 13.3. The first kappa shape index (κ1) is 36.1. The van der Waals surface area contributed by atoms with Gasteiger partial charge >= 0.3 is 5.97 Å². The molecule has 0 aromatic carbocycles. The third kappa shape index (κ3) is 8.78. The number of halogens is 1. The van der Waals surface area contributed by atoms with Crippen LogP contribution < -0.4 is 0 Å². The lowest BCUT2D eigenvalue weighted by Crippen LogP contribution is -2.66. The molecule has 4 rings (SSSR count). The first-order valence-corrected chi connectivity index (χ1v) is 16.1. The molecule has 3 fully saturated rings. The molecule has 0 radical (unpaired) electrons. The highest BCUT2D eigenvalue weighted by molar-refractivity contribution is 6.22. The Balaban J connectivity index is 1.58. The van der Waals surface area contributed by atoms with Gasteiger partial charge < -0.3 is 43.7 Å². The average Bonchev–Trinajstić information content (AvgIpc) is 3.67. The van der Waals surface area contributed by atoms with Crippen LogP contribution in [0, 0.1) is 29.6 Å². The number of methoxy groups -OCH3 is 2. The third-order valence-electron chi connectivity index (χ3n) is 9.34. The van der Waals surface area contributed by atoms with Crippen molar-refractivity contribution >= 4 is 17.6 Å². The third-order valence-corrected chi connectivity index (χ3v) is 9.82. The molecule has 4 aliphatic rings. The number of carbonyl (C=O) groups excluding carboxylic acids is 1. The van der Waals surface area contributed by atoms with Gasteiger partial charge in [0.25, 0.3) is 0 Å². The zero-order valence-electron chi connectivity index (χ0n) is 27.2. The van der Waals surface area contributed by atoms with E-state index in [9.17, 15) is 20.1 Å². The topological polar surface area (TPSA) is 133 Å². The summed E-state index contributed by atoms with van der Waals surface area (Å²) in [6.45, 7) is 8.98. The summed E-state index contributed by atoms with van der Waals surface area (Å²) in [4.78, 5) is 13.3. The van der Waals surface area contributed by atoms with Gasteiger partial charge in [-0.1, -0.05) is 49.5 Å². The first-order valence-electron chi connectivity index (χ1n) is 15.7. The fourth-order valence-electron chi connectivity index (χ4n) is 6.53. The summed E-state index contributed by atoms with van der Waals surface area (Å²) in [5.74, 6) is 3.23. The molecule has 2 saturated heterocycles. The van der Waals surface area contributed by atoms with Gasteiger partial charge in [0.05, 0.1) is 30.8 Å². The highest BCUT2D eigenvalue weighted by Gasteiger charge is 2.55. The Morgan fingerprint density at radius 1 is 1.13 bits per heavy atom. The number of cyclic esters (lactones) is 1. The SMILES string of the molecule is CO[C@@H]1[C@H](O[C@H]2C[C@@]3(O)CC(=O)O[C@H](/C=C/C=C/C#C[C@H]4C[C@@H]4Cl)C/C(C)=C/[C@@H](OC)[C@@H](C)[C@H](O3)[C@@H]2C)O[C@H](C)[C@@H](O)[C@]1(C)O. The van der Waals surface area contributed by atoms with E-state index in [-0.39, 0.29) is 35.7 Å². The van der Waals surface area contributed by atoms with Crippen molar-refractivity contribution in [2.45, 2.75) is 126 Å². The quantitative estimate of drug-likeness (QED) is 0.129. The molecule has 2 bridgehead atoms. The Labute approximate surface area is 271 Å². The highest BCUT2D eigenvalue weighted by atomic mass is 35.5. The number of aliphatic hydroxyl groups excluding tert-OH is 1. The number of alkyl halides is 1. The molecule has 10 nitrogen and oxygen atoms in total. The Morgan fingerprint density at radius 2 is 1.84 bits per heavy atom. The standard InChI is InChI=1S/C34H49ClO10/c1-19-14-24(13-11-9-8-10-12-23-16-25(23)35)43-28(36)18-34(39)17-27(21(3)29(45-34)20(2)26(15-19)40-6)44-32-31(41-7)33(5,38)30(37)22(4)42-32/h8-9,11,13,15,20-27,29-32,37-39H,14,16-18H2,1-7H3/b9-8+,13-11+,19-15+/t20-,21-,22-,23+,24-,25+,26-,27+,29+,30-,31-,32+,33+,34+/m1/s1. The van der Waals surface area contributed by atoms with Crippen LogP contribution in [0.15, 0.2) is 36.0 Å². The number of rotatable bonds is 6. The molecular formula is C34H49ClO10. The number of hydrogen-bond acceptors (Lipinski definition) is 10. The van der Waals surface area contributed by atoms with Crippen molar-refractivity contribution in [3.63, 3.8) is 0 Å². The summed E-state index contributed by atoms with van der Waals surface area (Å²) in [6, 6.07) is 0. The van der Waals surface area contributed by atoms with E-state index < -0.39 is 66.7 Å². The minimum absolute atomic E-state index is 0.0690. The molecule has 11 heteroatoms. The van der Waals surface area contributed by atoms with Crippen molar-refractivity contribution in [3.8, 4) is 11.8 Å². The fraction of sp³-hybridized carbons (Fsp3) is 0.735. The van der Waals surface area contributed by atoms with Crippen LogP contribution in [-0.2, 0) is 33.2 Å². The van der Waals surface area contributed by atoms with Crippen LogP contribution in [0.5, 0.6) is 0 Å². The number of aliphatic hydroxyl groups is 3. The number of ether oxygens (including phenoxy) is 6. The van der Waals surface area contributed by atoms with E-state index in [1.165, 1.54) is 14.0 Å². The summed E-state index contributed by atoms with van der Waals surface area (Å²) in [6.07, 6.45) is 3.64. The molecule has 0 amide bonds. The van der Waals surface area contributed by atoms with E-state index in [4.69, 9.17) is 40.0 Å². The van der Waals surface area contributed by atoms with Crippen LogP contribution >= 0.6 is 11.6 Å². The molecule has 3 aliphatic heterocycles. The minimum atomic E-state index is -1.92. The first-order chi connectivity index (χ1) is 21.2. The van der Waals surface area contributed by atoms with Crippen LogP contribution in [0.1, 0.15) is 60.3 Å². The number of hydrogen-bond donors (Lipinski definition) is 3. The Morgan fingerprint density at radius 3 is 2.49 bits per heavy atom. The van der Waals surface area contributed by atoms with Crippen molar-refractivity contribution < 1.29 is 48.5 Å². The monoisotopic (exact) mass is 652 g/mol. The van der Waals surface area contributed by atoms with Crippen molar-refractivity contribution in [2.24, 2.45) is 17.8 Å². The summed E-state index contributed by atoms with van der Waals surface area (Å²) >= 11 is 5.99. The smallest absolute Gasteiger partial charge is 0.311 e. The van der Waals surface area contributed by atoms with Crippen molar-refractivity contribution in [3.05, 3.63) is 36.0 Å². The van der Waals surface area contributed by atoms with E-state index in [1.54, 1.807) is 38.3 Å². The van der Waals surface area contributed by atoms with Crippen molar-refractivity contribution in [1.82, 2.24) is 0 Å². The molecule has 1 saturated carbocycles. The summed E-state index contributed by atoms with van der Waals surface area (Å²) < 4.78 is 35.9. The number of allylic oxidation sites excluding steroid dienone is 3. The van der Waals surface area contributed by atoms with Gasteiger partial charge in [-0.3, -0.25) is 4.79 Å². The second-order valence-corrected chi connectivity index (χ2v) is 13.7. The molecule has 0 aromatic heterocycles. The van der Waals surface area contributed by atoms with Gasteiger partial charge in [0.1, 0.15) is 23.9 Å². The zero-order chi connectivity index (χ0) is 33.1. The van der Waals surface area contributed by atoms with Gasteiger partial charge in [-0.2, -0.15) is 0 Å². The van der Waals surface area contributed by atoms with E-state index in [0.717, 1.165) is 12.0 Å². The molecule has 0 aromatic rings. The molecular weight excluding hydrogens is 604 g/mol. The molecule has 45 heavy (non-hydrogen) atoms. The normalized spacial score (nSPS) is 47.2. The van der Waals surface area contributed by atoms with Gasteiger partial charge in [0.15, 0.2) is 12.1 Å². The minimum Gasteiger partial charge on any atom is -0.458 e. The van der Waals surface area contributed by atoms with Crippen LogP contribution in [0.4, 0.5) is 0 Å². The molecule has 1 aliphatic carbocycles. The Bertz CT molecular complexity index is 1190. The van der Waals surface area contributed by atoms with Gasteiger partial charge in [0, 0.05) is 50.2 Å². The molecule has 252 valence electrons. The van der Waals surface area contributed by atoms with Crippen LogP contribution in [0.25, 0.3) is 0 Å².